The van der Waals surface area contributed by atoms with Crippen molar-refractivity contribution in [1.29, 1.82) is 0 Å². The van der Waals surface area contributed by atoms with E-state index < -0.39 is 35.4 Å². The van der Waals surface area contributed by atoms with E-state index in [0.717, 1.165) is 29.8 Å². The highest BCUT2D eigenvalue weighted by atomic mass is 19.4. The fraction of sp³-hybridized carbons (Fsp3) is 0.457. The molecule has 0 N–H and O–H groups in total. The third-order valence-electron chi connectivity index (χ3n) is 9.07. The van der Waals surface area contributed by atoms with Crippen LogP contribution in [0.4, 0.5) is 23.7 Å². The third-order valence-corrected chi connectivity index (χ3v) is 9.07. The van der Waals surface area contributed by atoms with Crippen LogP contribution in [-0.2, 0) is 44.0 Å². The van der Waals surface area contributed by atoms with E-state index in [2.05, 4.69) is 15.3 Å². The molecule has 1 fully saturated rings. The van der Waals surface area contributed by atoms with Gasteiger partial charge in [0.05, 0.1) is 36.9 Å². The van der Waals surface area contributed by atoms with E-state index in [4.69, 9.17) is 4.74 Å². The van der Waals surface area contributed by atoms with E-state index in [1.165, 1.54) is 29.1 Å². The normalized spacial score (nSPS) is 16.6. The molecule has 4 heterocycles. The van der Waals surface area contributed by atoms with Gasteiger partial charge in [0.25, 0.3) is 5.91 Å². The molecule has 0 bridgehead atoms. The zero-order valence-corrected chi connectivity index (χ0v) is 27.8. The van der Waals surface area contributed by atoms with E-state index in [1.807, 2.05) is 11.6 Å². The van der Waals surface area contributed by atoms with Gasteiger partial charge >= 0.3 is 12.3 Å². The molecule has 0 radical (unpaired) electrons. The Balaban J connectivity index is 0.000000307. The number of aromatic nitrogens is 5. The highest BCUT2D eigenvalue weighted by Crippen LogP contribution is 2.41. The molecule has 48 heavy (non-hydrogen) atoms. The average molecular weight is 664 g/mol. The van der Waals surface area contributed by atoms with Crippen molar-refractivity contribution < 1.29 is 27.5 Å². The minimum atomic E-state index is -4.62. The van der Waals surface area contributed by atoms with Crippen LogP contribution in [0.2, 0.25) is 0 Å². The maximum absolute atomic E-state index is 14.1. The highest BCUT2D eigenvalue weighted by molar-refractivity contribution is 6.10. The first-order valence-electron chi connectivity index (χ1n) is 16.2. The SMILES string of the molecule is CC(c1cc2c(c(C(F)(F)F)c1)CN(c1ccccc1)C2=O)n1cc2c(n1)CN(C(=O)OC(C)(C)C)C2.Cn1cnnc1CC1CCC1. The number of anilines is 1. The molecule has 2 aromatic heterocycles. The minimum absolute atomic E-state index is 0.0201. The van der Waals surface area contributed by atoms with E-state index in [1.54, 1.807) is 81.3 Å². The third kappa shape index (κ3) is 6.95. The van der Waals surface area contributed by atoms with Crippen molar-refractivity contribution in [3.05, 3.63) is 94.3 Å². The largest absolute Gasteiger partial charge is 0.444 e. The Morgan fingerprint density at radius 1 is 1.06 bits per heavy atom. The molecule has 7 rings (SSSR count). The summed E-state index contributed by atoms with van der Waals surface area (Å²) in [4.78, 5) is 28.5. The van der Waals surface area contributed by atoms with E-state index in [-0.39, 0.29) is 24.2 Å². The van der Waals surface area contributed by atoms with Crippen LogP contribution in [0.1, 0.15) is 97.1 Å². The second-order valence-electron chi connectivity index (χ2n) is 13.8. The molecule has 1 saturated carbocycles. The maximum Gasteiger partial charge on any atom is 0.416 e. The fourth-order valence-corrected chi connectivity index (χ4v) is 6.17. The van der Waals surface area contributed by atoms with Gasteiger partial charge in [0.1, 0.15) is 17.8 Å². The number of halogens is 3. The number of ether oxygens (including phenoxy) is 1. The number of rotatable bonds is 5. The van der Waals surface area contributed by atoms with Crippen LogP contribution in [0.25, 0.3) is 0 Å². The molecule has 1 unspecified atom stereocenters. The quantitative estimate of drug-likeness (QED) is 0.226. The number of fused-ring (bicyclic) bond motifs is 2. The summed E-state index contributed by atoms with van der Waals surface area (Å²) < 4.78 is 51.4. The van der Waals surface area contributed by atoms with Crippen molar-refractivity contribution in [2.75, 3.05) is 4.90 Å². The van der Waals surface area contributed by atoms with E-state index in [0.29, 0.717) is 23.5 Å². The Morgan fingerprint density at radius 2 is 1.79 bits per heavy atom. The van der Waals surface area contributed by atoms with Crippen LogP contribution >= 0.6 is 0 Å². The van der Waals surface area contributed by atoms with Crippen molar-refractivity contribution in [3.63, 3.8) is 0 Å². The predicted molar refractivity (Wildman–Crippen MR) is 172 cm³/mol. The maximum atomic E-state index is 14.1. The van der Waals surface area contributed by atoms with Crippen LogP contribution in [-0.4, -0.2) is 47.0 Å². The number of hydrogen-bond acceptors (Lipinski definition) is 6. The first-order chi connectivity index (χ1) is 22.7. The van der Waals surface area contributed by atoms with Gasteiger partial charge in [0.2, 0.25) is 0 Å². The van der Waals surface area contributed by atoms with Crippen LogP contribution in [0.5, 0.6) is 0 Å². The van der Waals surface area contributed by atoms with Crippen molar-refractivity contribution in [2.24, 2.45) is 13.0 Å². The molecule has 4 aromatic rings. The Hall–Kier alpha value is -4.68. The number of benzene rings is 2. The molecule has 13 heteroatoms. The summed E-state index contributed by atoms with van der Waals surface area (Å²) >= 11 is 0. The average Bonchev–Trinajstić information content (AvgIpc) is 3.77. The van der Waals surface area contributed by atoms with Gasteiger partial charge in [-0.15, -0.1) is 10.2 Å². The van der Waals surface area contributed by atoms with Crippen molar-refractivity contribution in [1.82, 2.24) is 29.4 Å². The van der Waals surface area contributed by atoms with Crippen LogP contribution < -0.4 is 4.90 Å². The number of para-hydroxylation sites is 1. The van der Waals surface area contributed by atoms with Crippen molar-refractivity contribution >= 4 is 17.7 Å². The summed E-state index contributed by atoms with van der Waals surface area (Å²) in [6, 6.07) is 10.8. The molecule has 254 valence electrons. The standard InChI is InChI=1S/C27H27F3N4O3.C8H13N3/c1-16(34-13-18-12-32(15-23(18)31-34)25(36)37-26(2,3)4)17-10-20-21(22(11-17)27(28,29)30)14-33(24(20)35)19-8-6-5-7-9-19;1-11-6-9-10-8(11)5-7-3-2-4-7/h5-11,13,16H,12,14-15H2,1-4H3;6-7H,2-5H2,1H3. The van der Waals surface area contributed by atoms with Crippen LogP contribution in [0.15, 0.2) is 55.0 Å². The Bertz CT molecular complexity index is 1780. The summed E-state index contributed by atoms with van der Waals surface area (Å²) in [5.41, 5.74) is 0.952. The summed E-state index contributed by atoms with van der Waals surface area (Å²) in [7, 11) is 2.01. The zero-order chi connectivity index (χ0) is 34.4. The molecule has 10 nitrogen and oxygen atoms in total. The molecular weight excluding hydrogens is 623 g/mol. The molecule has 0 saturated heterocycles. The smallest absolute Gasteiger partial charge is 0.416 e. The predicted octanol–water partition coefficient (Wildman–Crippen LogP) is 7.08. The number of hydrogen-bond donors (Lipinski definition) is 0. The monoisotopic (exact) mass is 663 g/mol. The van der Waals surface area contributed by atoms with Gasteiger partial charge in [-0.3, -0.25) is 14.4 Å². The Morgan fingerprint density at radius 3 is 2.38 bits per heavy atom. The van der Waals surface area contributed by atoms with Gasteiger partial charge in [-0.05, 0) is 69.0 Å². The lowest BCUT2D eigenvalue weighted by Gasteiger charge is -2.24. The van der Waals surface area contributed by atoms with Crippen LogP contribution in [0.3, 0.4) is 0 Å². The van der Waals surface area contributed by atoms with Gasteiger partial charge in [-0.1, -0.05) is 37.5 Å². The van der Waals surface area contributed by atoms with Crippen molar-refractivity contribution in [3.8, 4) is 0 Å². The molecule has 2 aromatic carbocycles. The van der Waals surface area contributed by atoms with E-state index >= 15 is 0 Å². The first-order valence-corrected chi connectivity index (χ1v) is 16.2. The molecule has 2 aliphatic heterocycles. The second-order valence-corrected chi connectivity index (χ2v) is 13.8. The lowest BCUT2D eigenvalue weighted by molar-refractivity contribution is -0.138. The van der Waals surface area contributed by atoms with Crippen LogP contribution in [0, 0.1) is 5.92 Å². The summed E-state index contributed by atoms with van der Waals surface area (Å²) in [6.07, 6.45) is 3.74. The fourth-order valence-electron chi connectivity index (χ4n) is 6.17. The number of aryl methyl sites for hydroxylation is 1. The lowest BCUT2D eigenvalue weighted by Crippen LogP contribution is -2.33. The molecule has 2 amide bonds. The molecule has 1 atom stereocenters. The molecule has 1 aliphatic carbocycles. The first kappa shape index (κ1) is 33.2. The van der Waals surface area contributed by atoms with Gasteiger partial charge in [-0.25, -0.2) is 4.79 Å². The highest BCUT2D eigenvalue weighted by Gasteiger charge is 2.41. The summed E-state index contributed by atoms with van der Waals surface area (Å²) in [5, 5.41) is 12.5. The second kappa shape index (κ2) is 12.7. The Kier molecular flexibility index (Phi) is 8.82. The number of amides is 2. The molecular formula is C35H40F3N7O3. The van der Waals surface area contributed by atoms with Gasteiger partial charge in [0.15, 0.2) is 0 Å². The molecule has 3 aliphatic rings. The molecule has 0 spiro atoms. The van der Waals surface area contributed by atoms with Gasteiger partial charge in [-0.2, -0.15) is 18.3 Å². The van der Waals surface area contributed by atoms with Gasteiger partial charge < -0.3 is 14.2 Å². The van der Waals surface area contributed by atoms with Crippen molar-refractivity contribution in [2.45, 2.75) is 90.8 Å². The number of carbonyl (C=O) groups excluding carboxylic acids is 2. The number of carbonyl (C=O) groups is 2. The van der Waals surface area contributed by atoms with E-state index in [9.17, 15) is 22.8 Å². The van der Waals surface area contributed by atoms with Gasteiger partial charge in [0, 0.05) is 36.5 Å². The summed E-state index contributed by atoms with van der Waals surface area (Å²) in [5.74, 6) is 1.56. The zero-order valence-electron chi connectivity index (χ0n) is 27.8. The lowest BCUT2D eigenvalue weighted by atomic mass is 9.83. The Labute approximate surface area is 277 Å². The number of nitrogens with zero attached hydrogens (tertiary/aromatic N) is 7. The number of alkyl halides is 3. The summed E-state index contributed by atoms with van der Waals surface area (Å²) in [6.45, 7) is 7.53. The minimum Gasteiger partial charge on any atom is -0.444 e. The topological polar surface area (TPSA) is 98.4 Å².